The molecule has 0 amide bonds. The first kappa shape index (κ1) is 22.6. The fourth-order valence-electron chi connectivity index (χ4n) is 3.22. The number of aromatic nitrogens is 2. The second-order valence-electron chi connectivity index (χ2n) is 7.21. The maximum Gasteiger partial charge on any atom is 0.340 e. The monoisotopic (exact) mass is 480 g/mol. The largest absolute Gasteiger partial charge is 0.465 e. The third-order valence-electron chi connectivity index (χ3n) is 4.78. The van der Waals surface area contributed by atoms with E-state index in [9.17, 15) is 9.18 Å². The number of esters is 1. The van der Waals surface area contributed by atoms with E-state index in [1.807, 2.05) is 36.4 Å². The van der Waals surface area contributed by atoms with E-state index in [1.54, 1.807) is 29.1 Å². The summed E-state index contributed by atoms with van der Waals surface area (Å²) in [6.07, 6.45) is 2.50. The Hall–Kier alpha value is -3.56. The molecule has 0 saturated carbocycles. The molecule has 33 heavy (non-hydrogen) atoms. The third kappa shape index (κ3) is 6.03. The van der Waals surface area contributed by atoms with Gasteiger partial charge in [0.05, 0.1) is 19.2 Å². The van der Waals surface area contributed by atoms with Crippen molar-refractivity contribution < 1.29 is 13.9 Å². The number of carbonyl (C=O) groups excluding carboxylic acids is 1. The van der Waals surface area contributed by atoms with Crippen molar-refractivity contribution in [1.82, 2.24) is 9.78 Å². The molecular weight excluding hydrogens is 459 g/mol. The van der Waals surface area contributed by atoms with Crippen molar-refractivity contribution in [1.29, 1.82) is 0 Å². The minimum atomic E-state index is -0.431. The summed E-state index contributed by atoms with van der Waals surface area (Å²) in [5.41, 5.74) is 2.51. The number of hydrogen-bond donors (Lipinski definition) is 2. The first-order chi connectivity index (χ1) is 16.0. The van der Waals surface area contributed by atoms with E-state index in [4.69, 9.17) is 17.0 Å². The minimum Gasteiger partial charge on any atom is -0.465 e. The SMILES string of the molecule is COC(=O)c1cc(Cc2ccccc2)sc1NC(=S)Nc1ccn(Cc2ccc(F)cc2)n1. The average Bonchev–Trinajstić information content (AvgIpc) is 3.42. The molecule has 4 rings (SSSR count). The molecule has 2 heterocycles. The van der Waals surface area contributed by atoms with Crippen molar-refractivity contribution in [3.8, 4) is 0 Å². The van der Waals surface area contributed by atoms with Gasteiger partial charge in [0.1, 0.15) is 10.8 Å². The standard InChI is InChI=1S/C24H21FN4O2S2/c1-31-23(30)20-14-19(13-16-5-3-2-4-6-16)33-22(20)27-24(32)26-21-11-12-29(28-21)15-17-7-9-18(25)10-8-17/h2-12,14H,13,15H2,1H3,(H2,26,27,28,32). The molecule has 0 saturated heterocycles. The Kier molecular flexibility index (Phi) is 7.11. The molecule has 168 valence electrons. The van der Waals surface area contributed by atoms with Gasteiger partial charge in [0.25, 0.3) is 0 Å². The first-order valence-corrected chi connectivity index (χ1v) is 11.3. The van der Waals surface area contributed by atoms with Gasteiger partial charge < -0.3 is 15.4 Å². The Morgan fingerprint density at radius 3 is 2.58 bits per heavy atom. The molecule has 0 spiro atoms. The number of halogens is 1. The number of benzene rings is 2. The van der Waals surface area contributed by atoms with Crippen LogP contribution in [0.15, 0.2) is 72.9 Å². The van der Waals surface area contributed by atoms with Gasteiger partial charge in [-0.05, 0) is 41.5 Å². The van der Waals surface area contributed by atoms with Crippen LogP contribution < -0.4 is 10.6 Å². The molecule has 0 aliphatic heterocycles. The Labute approximate surface area is 200 Å². The zero-order valence-electron chi connectivity index (χ0n) is 17.7. The topological polar surface area (TPSA) is 68.2 Å². The summed E-state index contributed by atoms with van der Waals surface area (Å²) in [6.45, 7) is 0.502. The van der Waals surface area contributed by atoms with Gasteiger partial charge in [-0.3, -0.25) is 4.68 Å². The highest BCUT2D eigenvalue weighted by atomic mass is 32.1. The zero-order chi connectivity index (χ0) is 23.2. The second-order valence-corrected chi connectivity index (χ2v) is 8.76. The van der Waals surface area contributed by atoms with Crippen LogP contribution in [0.5, 0.6) is 0 Å². The molecule has 0 radical (unpaired) electrons. The van der Waals surface area contributed by atoms with Crippen LogP contribution >= 0.6 is 23.6 Å². The molecule has 4 aromatic rings. The quantitative estimate of drug-likeness (QED) is 0.276. The summed E-state index contributed by atoms with van der Waals surface area (Å²) in [7, 11) is 1.35. The van der Waals surface area contributed by atoms with Crippen LogP contribution in [0.25, 0.3) is 0 Å². The molecule has 0 fully saturated rings. The molecule has 0 aliphatic carbocycles. The van der Waals surface area contributed by atoms with Gasteiger partial charge in [0, 0.05) is 23.6 Å². The molecule has 6 nitrogen and oxygen atoms in total. The number of nitrogens with zero attached hydrogens (tertiary/aromatic N) is 2. The van der Waals surface area contributed by atoms with Crippen LogP contribution in [0, 0.1) is 5.82 Å². The van der Waals surface area contributed by atoms with Crippen molar-refractivity contribution in [3.05, 3.63) is 100 Å². The van der Waals surface area contributed by atoms with Gasteiger partial charge in [-0.25, -0.2) is 9.18 Å². The number of anilines is 2. The summed E-state index contributed by atoms with van der Waals surface area (Å²) >= 11 is 6.88. The van der Waals surface area contributed by atoms with E-state index < -0.39 is 5.97 Å². The highest BCUT2D eigenvalue weighted by Crippen LogP contribution is 2.30. The zero-order valence-corrected chi connectivity index (χ0v) is 19.4. The first-order valence-electron chi connectivity index (χ1n) is 10.1. The van der Waals surface area contributed by atoms with Gasteiger partial charge >= 0.3 is 5.97 Å². The van der Waals surface area contributed by atoms with Crippen LogP contribution in [0.4, 0.5) is 15.2 Å². The molecule has 2 N–H and O–H groups in total. The Bertz CT molecular complexity index is 1250. The van der Waals surface area contributed by atoms with Crippen LogP contribution in [-0.4, -0.2) is 28.0 Å². The van der Waals surface area contributed by atoms with Crippen molar-refractivity contribution in [2.75, 3.05) is 17.7 Å². The van der Waals surface area contributed by atoms with Crippen LogP contribution in [0.3, 0.4) is 0 Å². The number of rotatable bonds is 7. The lowest BCUT2D eigenvalue weighted by Crippen LogP contribution is -2.20. The molecule has 0 aliphatic rings. The van der Waals surface area contributed by atoms with Gasteiger partial charge in [-0.1, -0.05) is 42.5 Å². The summed E-state index contributed by atoms with van der Waals surface area (Å²) in [5.74, 6) is -0.153. The fourth-order valence-corrected chi connectivity index (χ4v) is 4.58. The highest BCUT2D eigenvalue weighted by Gasteiger charge is 2.18. The predicted octanol–water partition coefficient (Wildman–Crippen LogP) is 5.32. The molecule has 0 bridgehead atoms. The molecule has 2 aromatic heterocycles. The summed E-state index contributed by atoms with van der Waals surface area (Å²) in [5, 5.41) is 11.5. The predicted molar refractivity (Wildman–Crippen MR) is 132 cm³/mol. The number of thiophene rings is 1. The van der Waals surface area contributed by atoms with E-state index in [0.717, 1.165) is 16.0 Å². The van der Waals surface area contributed by atoms with Crippen molar-refractivity contribution in [2.24, 2.45) is 0 Å². The van der Waals surface area contributed by atoms with Crippen molar-refractivity contribution in [2.45, 2.75) is 13.0 Å². The third-order valence-corrected chi connectivity index (χ3v) is 6.03. The van der Waals surface area contributed by atoms with Crippen molar-refractivity contribution in [3.63, 3.8) is 0 Å². The maximum atomic E-state index is 13.1. The van der Waals surface area contributed by atoms with Crippen LogP contribution in [0.2, 0.25) is 0 Å². The lowest BCUT2D eigenvalue weighted by atomic mass is 10.1. The maximum absolute atomic E-state index is 13.1. The number of thiocarbonyl (C=S) groups is 1. The van der Waals surface area contributed by atoms with Gasteiger partial charge in [-0.2, -0.15) is 5.10 Å². The van der Waals surface area contributed by atoms with E-state index in [-0.39, 0.29) is 5.82 Å². The van der Waals surface area contributed by atoms with Gasteiger partial charge in [-0.15, -0.1) is 11.3 Å². The van der Waals surface area contributed by atoms with E-state index in [2.05, 4.69) is 15.7 Å². The minimum absolute atomic E-state index is 0.273. The van der Waals surface area contributed by atoms with E-state index in [0.29, 0.717) is 34.5 Å². The summed E-state index contributed by atoms with van der Waals surface area (Å²) in [4.78, 5) is 13.3. The van der Waals surface area contributed by atoms with Gasteiger partial charge in [0.15, 0.2) is 10.9 Å². The lowest BCUT2D eigenvalue weighted by molar-refractivity contribution is 0.0602. The van der Waals surface area contributed by atoms with Crippen LogP contribution in [-0.2, 0) is 17.7 Å². The number of nitrogens with one attached hydrogen (secondary N) is 2. The molecule has 2 aromatic carbocycles. The normalized spacial score (nSPS) is 10.6. The van der Waals surface area contributed by atoms with E-state index in [1.165, 1.54) is 30.6 Å². The van der Waals surface area contributed by atoms with Crippen LogP contribution in [0.1, 0.15) is 26.4 Å². The highest BCUT2D eigenvalue weighted by molar-refractivity contribution is 7.80. The smallest absolute Gasteiger partial charge is 0.340 e. The summed E-state index contributed by atoms with van der Waals surface area (Å²) in [6, 6.07) is 19.9. The van der Waals surface area contributed by atoms with E-state index >= 15 is 0 Å². The van der Waals surface area contributed by atoms with Gasteiger partial charge in [0.2, 0.25) is 0 Å². The molecule has 0 unspecified atom stereocenters. The number of methoxy groups -OCH3 is 1. The van der Waals surface area contributed by atoms with Crippen molar-refractivity contribution >= 4 is 45.5 Å². The molecular formula is C24H21FN4O2S2. The number of hydrogen-bond acceptors (Lipinski definition) is 5. The average molecular weight is 481 g/mol. The molecule has 9 heteroatoms. The lowest BCUT2D eigenvalue weighted by Gasteiger charge is -2.08. The Balaban J connectivity index is 1.42. The second kappa shape index (κ2) is 10.4. The number of carbonyl (C=O) groups is 1. The Morgan fingerprint density at radius 2 is 1.85 bits per heavy atom. The fraction of sp³-hybridized carbons (Fsp3) is 0.125. The summed E-state index contributed by atoms with van der Waals surface area (Å²) < 4.78 is 19.7. The Morgan fingerprint density at radius 1 is 1.09 bits per heavy atom. The number of ether oxygens (including phenoxy) is 1. The molecule has 0 atom stereocenters.